The fourth-order valence-electron chi connectivity index (χ4n) is 3.08. The minimum absolute atomic E-state index is 0.159. The zero-order valence-corrected chi connectivity index (χ0v) is 19.3. The SMILES string of the molecule is CCN(CC(=O)Nc1cc(C(C)(C)C)nn1-c1ccc(F)cc1)C(=O)Nc1ccc(F)cc1F. The largest absolute Gasteiger partial charge is 0.322 e. The Bertz CT molecular complexity index is 1190. The first-order valence-electron chi connectivity index (χ1n) is 10.6. The molecule has 0 saturated carbocycles. The molecular weight excluding hydrogens is 447 g/mol. The predicted octanol–water partition coefficient (Wildman–Crippen LogP) is 5.08. The van der Waals surface area contributed by atoms with E-state index in [4.69, 9.17) is 0 Å². The first-order valence-corrected chi connectivity index (χ1v) is 10.6. The smallest absolute Gasteiger partial charge is 0.315 e. The van der Waals surface area contributed by atoms with Crippen molar-refractivity contribution in [3.63, 3.8) is 0 Å². The van der Waals surface area contributed by atoms with Gasteiger partial charge in [0, 0.05) is 24.1 Å². The highest BCUT2D eigenvalue weighted by atomic mass is 19.1. The Morgan fingerprint density at radius 2 is 1.62 bits per heavy atom. The number of aromatic nitrogens is 2. The predicted molar refractivity (Wildman–Crippen MR) is 123 cm³/mol. The molecule has 0 fully saturated rings. The molecule has 1 heterocycles. The van der Waals surface area contributed by atoms with Crippen molar-refractivity contribution in [3.05, 3.63) is 71.7 Å². The minimum Gasteiger partial charge on any atom is -0.315 e. The first kappa shape index (κ1) is 24.8. The van der Waals surface area contributed by atoms with Crippen LogP contribution in [0.2, 0.25) is 0 Å². The van der Waals surface area contributed by atoms with Crippen LogP contribution in [0.3, 0.4) is 0 Å². The lowest BCUT2D eigenvalue weighted by atomic mass is 9.92. The van der Waals surface area contributed by atoms with Crippen LogP contribution < -0.4 is 10.6 Å². The second kappa shape index (κ2) is 9.98. The van der Waals surface area contributed by atoms with Gasteiger partial charge in [0.2, 0.25) is 5.91 Å². The van der Waals surface area contributed by atoms with Gasteiger partial charge in [-0.3, -0.25) is 4.79 Å². The first-order chi connectivity index (χ1) is 16.0. The van der Waals surface area contributed by atoms with Crippen LogP contribution in [0.4, 0.5) is 29.5 Å². The van der Waals surface area contributed by atoms with Crippen LogP contribution in [0.15, 0.2) is 48.5 Å². The molecule has 0 aliphatic heterocycles. The number of carbonyl (C=O) groups is 2. The highest BCUT2D eigenvalue weighted by Crippen LogP contribution is 2.26. The molecule has 0 aliphatic carbocycles. The summed E-state index contributed by atoms with van der Waals surface area (Å²) in [6.07, 6.45) is 0. The van der Waals surface area contributed by atoms with E-state index in [0.29, 0.717) is 23.3 Å². The van der Waals surface area contributed by atoms with E-state index >= 15 is 0 Å². The molecule has 0 spiro atoms. The number of halogens is 3. The molecule has 2 N–H and O–H groups in total. The summed E-state index contributed by atoms with van der Waals surface area (Å²) >= 11 is 0. The molecular formula is C24H26F3N5O2. The van der Waals surface area contributed by atoms with Gasteiger partial charge in [0.1, 0.15) is 29.8 Å². The van der Waals surface area contributed by atoms with Gasteiger partial charge in [0.15, 0.2) is 0 Å². The Kier molecular flexibility index (Phi) is 7.29. The van der Waals surface area contributed by atoms with E-state index in [9.17, 15) is 22.8 Å². The Morgan fingerprint density at radius 3 is 2.21 bits per heavy atom. The van der Waals surface area contributed by atoms with Gasteiger partial charge in [-0.1, -0.05) is 20.8 Å². The van der Waals surface area contributed by atoms with Crippen molar-refractivity contribution in [2.75, 3.05) is 23.7 Å². The number of rotatable bonds is 6. The van der Waals surface area contributed by atoms with E-state index in [0.717, 1.165) is 12.1 Å². The van der Waals surface area contributed by atoms with E-state index in [1.165, 1.54) is 33.8 Å². The molecule has 10 heteroatoms. The zero-order valence-electron chi connectivity index (χ0n) is 19.3. The Labute approximate surface area is 195 Å². The highest BCUT2D eigenvalue weighted by Gasteiger charge is 2.23. The van der Waals surface area contributed by atoms with Gasteiger partial charge in [-0.15, -0.1) is 0 Å². The zero-order chi connectivity index (χ0) is 25.0. The molecule has 0 unspecified atom stereocenters. The van der Waals surface area contributed by atoms with Crippen LogP contribution in [0, 0.1) is 17.5 Å². The molecule has 34 heavy (non-hydrogen) atoms. The molecule has 180 valence electrons. The van der Waals surface area contributed by atoms with Crippen LogP contribution in [0.1, 0.15) is 33.4 Å². The average Bonchev–Trinajstić information content (AvgIpc) is 3.18. The number of nitrogens with one attached hydrogen (secondary N) is 2. The fraction of sp³-hybridized carbons (Fsp3) is 0.292. The molecule has 0 bridgehead atoms. The van der Waals surface area contributed by atoms with Crippen molar-refractivity contribution >= 4 is 23.4 Å². The van der Waals surface area contributed by atoms with E-state index in [-0.39, 0.29) is 24.2 Å². The van der Waals surface area contributed by atoms with Gasteiger partial charge in [-0.25, -0.2) is 22.6 Å². The van der Waals surface area contributed by atoms with Gasteiger partial charge in [-0.2, -0.15) is 5.10 Å². The van der Waals surface area contributed by atoms with Crippen molar-refractivity contribution in [1.29, 1.82) is 0 Å². The minimum atomic E-state index is -0.924. The Hall–Kier alpha value is -3.82. The van der Waals surface area contributed by atoms with Crippen LogP contribution in [-0.4, -0.2) is 39.7 Å². The summed E-state index contributed by atoms with van der Waals surface area (Å²) in [5, 5.41) is 9.63. The molecule has 3 aromatic rings. The summed E-state index contributed by atoms with van der Waals surface area (Å²) in [6, 6.07) is 9.42. The number of likely N-dealkylation sites (N-methyl/N-ethyl adjacent to an activating group) is 1. The van der Waals surface area contributed by atoms with Gasteiger partial charge >= 0.3 is 6.03 Å². The molecule has 0 radical (unpaired) electrons. The molecule has 0 atom stereocenters. The van der Waals surface area contributed by atoms with Gasteiger partial charge < -0.3 is 15.5 Å². The number of benzene rings is 2. The molecule has 3 amide bonds. The number of urea groups is 1. The van der Waals surface area contributed by atoms with Crippen molar-refractivity contribution in [2.45, 2.75) is 33.1 Å². The second-order valence-electron chi connectivity index (χ2n) is 8.67. The highest BCUT2D eigenvalue weighted by molar-refractivity contribution is 5.96. The maximum atomic E-state index is 13.9. The van der Waals surface area contributed by atoms with Crippen molar-refractivity contribution in [2.24, 2.45) is 0 Å². The number of hydrogen-bond donors (Lipinski definition) is 2. The second-order valence-corrected chi connectivity index (χ2v) is 8.67. The van der Waals surface area contributed by atoms with Crippen molar-refractivity contribution in [1.82, 2.24) is 14.7 Å². The van der Waals surface area contributed by atoms with E-state index < -0.39 is 29.4 Å². The summed E-state index contributed by atoms with van der Waals surface area (Å²) in [6.45, 7) is 7.39. The number of anilines is 2. The van der Waals surface area contributed by atoms with Crippen LogP contribution in [-0.2, 0) is 10.2 Å². The average molecular weight is 473 g/mol. The number of hydrogen-bond acceptors (Lipinski definition) is 3. The molecule has 0 aliphatic rings. The topological polar surface area (TPSA) is 79.3 Å². The van der Waals surface area contributed by atoms with Crippen molar-refractivity contribution in [3.8, 4) is 5.69 Å². The van der Waals surface area contributed by atoms with Gasteiger partial charge in [0.25, 0.3) is 0 Å². The van der Waals surface area contributed by atoms with Crippen LogP contribution in [0.25, 0.3) is 5.69 Å². The lowest BCUT2D eigenvalue weighted by Gasteiger charge is -2.21. The maximum absolute atomic E-state index is 13.9. The summed E-state index contributed by atoms with van der Waals surface area (Å²) in [5.41, 5.74) is 0.724. The number of amides is 3. The van der Waals surface area contributed by atoms with Gasteiger partial charge in [-0.05, 0) is 43.3 Å². The van der Waals surface area contributed by atoms with E-state index in [2.05, 4.69) is 15.7 Å². The van der Waals surface area contributed by atoms with E-state index in [1.54, 1.807) is 13.0 Å². The molecule has 3 rings (SSSR count). The third kappa shape index (κ3) is 5.94. The van der Waals surface area contributed by atoms with E-state index in [1.807, 2.05) is 20.8 Å². The third-order valence-electron chi connectivity index (χ3n) is 4.99. The molecule has 0 saturated heterocycles. The lowest BCUT2D eigenvalue weighted by molar-refractivity contribution is -0.116. The quantitative estimate of drug-likeness (QED) is 0.524. The fourth-order valence-corrected chi connectivity index (χ4v) is 3.08. The lowest BCUT2D eigenvalue weighted by Crippen LogP contribution is -2.40. The van der Waals surface area contributed by atoms with Crippen molar-refractivity contribution < 1.29 is 22.8 Å². The van der Waals surface area contributed by atoms with Crippen LogP contribution in [0.5, 0.6) is 0 Å². The molecule has 1 aromatic heterocycles. The summed E-state index contributed by atoms with van der Waals surface area (Å²) in [5.74, 6) is -2.26. The standard InChI is InChI=1S/C24H26F3N5O2/c1-5-31(23(34)28-19-11-8-16(26)12-18(19)27)14-22(33)29-21-13-20(24(2,3)4)30-32(21)17-9-6-15(25)7-10-17/h6-13H,5,14H2,1-4H3,(H,28,34)(H,29,33). The van der Waals surface area contributed by atoms with Crippen LogP contribution >= 0.6 is 0 Å². The normalized spacial score (nSPS) is 11.3. The molecule has 2 aromatic carbocycles. The monoisotopic (exact) mass is 473 g/mol. The maximum Gasteiger partial charge on any atom is 0.322 e. The molecule has 7 nitrogen and oxygen atoms in total. The summed E-state index contributed by atoms with van der Waals surface area (Å²) < 4.78 is 41.8. The summed E-state index contributed by atoms with van der Waals surface area (Å²) in [4.78, 5) is 26.5. The third-order valence-corrected chi connectivity index (χ3v) is 4.99. The number of carbonyl (C=O) groups excluding carboxylic acids is 2. The number of nitrogens with zero attached hydrogens (tertiary/aromatic N) is 3. The van der Waals surface area contributed by atoms with Gasteiger partial charge in [0.05, 0.1) is 17.1 Å². The Balaban J connectivity index is 1.77. The Morgan fingerprint density at radius 1 is 0.971 bits per heavy atom. The summed E-state index contributed by atoms with van der Waals surface area (Å²) in [7, 11) is 0.